The highest BCUT2D eigenvalue weighted by molar-refractivity contribution is 7.99. The molecule has 0 saturated heterocycles. The highest BCUT2D eigenvalue weighted by Gasteiger charge is 2.09. The molecule has 0 spiro atoms. The minimum Gasteiger partial charge on any atom is -0.485 e. The minimum atomic E-state index is -0.166. The summed E-state index contributed by atoms with van der Waals surface area (Å²) in [6.07, 6.45) is 0. The van der Waals surface area contributed by atoms with E-state index >= 15 is 0 Å². The Morgan fingerprint density at radius 2 is 2.26 bits per heavy atom. The number of nitrogens with one attached hydrogen (secondary N) is 1. The fraction of sp³-hybridized carbons (Fsp3) is 0.308. The van der Waals surface area contributed by atoms with E-state index in [1.54, 1.807) is 0 Å². The van der Waals surface area contributed by atoms with Crippen molar-refractivity contribution in [2.45, 2.75) is 30.9 Å². The summed E-state index contributed by atoms with van der Waals surface area (Å²) in [6, 6.07) is 9.93. The van der Waals surface area contributed by atoms with Gasteiger partial charge in [0, 0.05) is 0 Å². The van der Waals surface area contributed by atoms with Gasteiger partial charge in [-0.2, -0.15) is 5.26 Å². The molecule has 19 heavy (non-hydrogen) atoms. The van der Waals surface area contributed by atoms with E-state index in [4.69, 9.17) is 10.00 Å². The van der Waals surface area contributed by atoms with Gasteiger partial charge in [0.2, 0.25) is 5.16 Å². The number of ether oxygens (including phenoxy) is 1. The predicted molar refractivity (Wildman–Crippen MR) is 72.8 cm³/mol. The molecule has 0 saturated carbocycles. The van der Waals surface area contributed by atoms with E-state index < -0.39 is 0 Å². The van der Waals surface area contributed by atoms with Gasteiger partial charge in [0.1, 0.15) is 12.4 Å². The zero-order valence-corrected chi connectivity index (χ0v) is 11.6. The molecule has 1 aromatic carbocycles. The number of para-hydroxylation sites is 1. The second-order valence-electron chi connectivity index (χ2n) is 4.01. The van der Waals surface area contributed by atoms with Crippen LogP contribution in [0.2, 0.25) is 0 Å². The molecule has 1 atom stereocenters. The van der Waals surface area contributed by atoms with Crippen molar-refractivity contribution < 1.29 is 4.74 Å². The lowest BCUT2D eigenvalue weighted by Crippen LogP contribution is -1.99. The summed E-state index contributed by atoms with van der Waals surface area (Å²) in [4.78, 5) is 4.26. The number of aromatic amines is 1. The number of hydrogen-bond acceptors (Lipinski definition) is 5. The largest absolute Gasteiger partial charge is 0.485 e. The van der Waals surface area contributed by atoms with Crippen molar-refractivity contribution in [3.8, 4) is 11.8 Å². The quantitative estimate of drug-likeness (QED) is 0.848. The van der Waals surface area contributed by atoms with Gasteiger partial charge in [0.05, 0.1) is 11.3 Å². The van der Waals surface area contributed by atoms with E-state index in [1.807, 2.05) is 38.1 Å². The molecule has 0 fully saturated rings. The van der Waals surface area contributed by atoms with E-state index in [-0.39, 0.29) is 5.25 Å². The van der Waals surface area contributed by atoms with Gasteiger partial charge >= 0.3 is 0 Å². The van der Waals surface area contributed by atoms with Crippen LogP contribution in [0.1, 0.15) is 18.3 Å². The lowest BCUT2D eigenvalue weighted by Gasteiger charge is -2.06. The molecular weight excluding hydrogens is 260 g/mol. The van der Waals surface area contributed by atoms with Crippen LogP contribution in [-0.4, -0.2) is 20.4 Å². The normalized spacial score (nSPS) is 11.8. The summed E-state index contributed by atoms with van der Waals surface area (Å²) < 4.78 is 5.66. The third-order valence-corrected chi connectivity index (χ3v) is 3.29. The number of benzene rings is 1. The Kier molecular flexibility index (Phi) is 4.42. The van der Waals surface area contributed by atoms with Crippen molar-refractivity contribution in [1.29, 1.82) is 5.26 Å². The number of aryl methyl sites for hydroxylation is 1. The van der Waals surface area contributed by atoms with Crippen LogP contribution in [0.3, 0.4) is 0 Å². The zero-order valence-electron chi connectivity index (χ0n) is 10.8. The minimum absolute atomic E-state index is 0.166. The summed E-state index contributed by atoms with van der Waals surface area (Å²) in [6.45, 7) is 4.13. The molecule has 0 amide bonds. The molecule has 0 radical (unpaired) electrons. The van der Waals surface area contributed by atoms with Crippen LogP contribution < -0.4 is 4.74 Å². The van der Waals surface area contributed by atoms with Gasteiger partial charge in [-0.1, -0.05) is 30.0 Å². The van der Waals surface area contributed by atoms with Crippen LogP contribution in [0.5, 0.6) is 5.75 Å². The van der Waals surface area contributed by atoms with E-state index in [9.17, 15) is 0 Å². The van der Waals surface area contributed by atoms with Gasteiger partial charge in [0.25, 0.3) is 0 Å². The maximum absolute atomic E-state index is 8.72. The number of aromatic nitrogens is 3. The first-order valence-corrected chi connectivity index (χ1v) is 6.73. The molecule has 5 nitrogen and oxygen atoms in total. The fourth-order valence-corrected chi connectivity index (χ4v) is 2.07. The molecule has 2 aromatic rings. The standard InChI is InChI=1S/C13H14N4OS/c1-9-5-3-4-6-11(9)18-8-12-15-13(17-16-12)19-10(2)7-14/h3-6,10H,8H2,1-2H3,(H,15,16,17)/t10-/m1/s1. The summed E-state index contributed by atoms with van der Waals surface area (Å²) in [5, 5.41) is 16.0. The van der Waals surface area contributed by atoms with Crippen LogP contribution in [0.25, 0.3) is 0 Å². The predicted octanol–water partition coefficient (Wildman–Crippen LogP) is 2.70. The van der Waals surface area contributed by atoms with Crippen molar-refractivity contribution in [1.82, 2.24) is 15.2 Å². The van der Waals surface area contributed by atoms with Crippen LogP contribution in [0, 0.1) is 18.3 Å². The molecule has 1 N–H and O–H groups in total. The Morgan fingerprint density at radius 1 is 1.47 bits per heavy atom. The van der Waals surface area contributed by atoms with Crippen LogP contribution in [-0.2, 0) is 6.61 Å². The van der Waals surface area contributed by atoms with Crippen molar-refractivity contribution in [2.75, 3.05) is 0 Å². The van der Waals surface area contributed by atoms with E-state index in [1.165, 1.54) is 11.8 Å². The lowest BCUT2D eigenvalue weighted by atomic mass is 10.2. The highest BCUT2D eigenvalue weighted by atomic mass is 32.2. The third-order valence-electron chi connectivity index (χ3n) is 2.43. The molecule has 2 rings (SSSR count). The van der Waals surface area contributed by atoms with Crippen molar-refractivity contribution in [3.05, 3.63) is 35.7 Å². The maximum atomic E-state index is 8.72. The number of hydrogen-bond donors (Lipinski definition) is 1. The Bertz CT molecular complexity index is 590. The summed E-state index contributed by atoms with van der Waals surface area (Å²) in [5.41, 5.74) is 1.08. The van der Waals surface area contributed by atoms with Gasteiger partial charge in [-0.3, -0.25) is 5.10 Å². The molecule has 98 valence electrons. The Morgan fingerprint density at radius 3 is 3.00 bits per heavy atom. The van der Waals surface area contributed by atoms with Crippen molar-refractivity contribution in [3.63, 3.8) is 0 Å². The smallest absolute Gasteiger partial charge is 0.209 e. The lowest BCUT2D eigenvalue weighted by molar-refractivity contribution is 0.294. The monoisotopic (exact) mass is 274 g/mol. The van der Waals surface area contributed by atoms with Gasteiger partial charge in [0.15, 0.2) is 5.82 Å². The maximum Gasteiger partial charge on any atom is 0.209 e. The molecule has 1 heterocycles. The average molecular weight is 274 g/mol. The Balaban J connectivity index is 1.94. The number of rotatable bonds is 5. The first kappa shape index (κ1) is 13.4. The fourth-order valence-electron chi connectivity index (χ4n) is 1.44. The average Bonchev–Trinajstić information content (AvgIpc) is 2.85. The molecule has 0 bridgehead atoms. The van der Waals surface area contributed by atoms with Gasteiger partial charge in [-0.25, -0.2) is 4.98 Å². The Hall–Kier alpha value is -2.00. The van der Waals surface area contributed by atoms with Crippen LogP contribution >= 0.6 is 11.8 Å². The molecule has 0 unspecified atom stereocenters. The third kappa shape index (κ3) is 3.73. The molecule has 0 aliphatic heterocycles. The van der Waals surface area contributed by atoms with E-state index in [2.05, 4.69) is 21.3 Å². The van der Waals surface area contributed by atoms with E-state index in [0.29, 0.717) is 17.6 Å². The molecule has 0 aliphatic rings. The molecule has 0 aliphatic carbocycles. The number of nitrogens with zero attached hydrogens (tertiary/aromatic N) is 3. The molecule has 6 heteroatoms. The van der Waals surface area contributed by atoms with Gasteiger partial charge in [-0.05, 0) is 25.5 Å². The topological polar surface area (TPSA) is 74.6 Å². The number of nitriles is 1. The zero-order chi connectivity index (χ0) is 13.7. The number of thioether (sulfide) groups is 1. The second kappa shape index (κ2) is 6.25. The molecular formula is C13H14N4OS. The highest BCUT2D eigenvalue weighted by Crippen LogP contribution is 2.20. The van der Waals surface area contributed by atoms with Crippen molar-refractivity contribution >= 4 is 11.8 Å². The second-order valence-corrected chi connectivity index (χ2v) is 5.32. The van der Waals surface area contributed by atoms with Gasteiger partial charge in [-0.15, -0.1) is 5.10 Å². The van der Waals surface area contributed by atoms with Crippen LogP contribution in [0.15, 0.2) is 29.4 Å². The Labute approximate surface area is 116 Å². The van der Waals surface area contributed by atoms with Crippen molar-refractivity contribution in [2.24, 2.45) is 0 Å². The first-order valence-electron chi connectivity index (χ1n) is 5.85. The summed E-state index contributed by atoms with van der Waals surface area (Å²) in [7, 11) is 0. The first-order chi connectivity index (χ1) is 9.19. The van der Waals surface area contributed by atoms with Gasteiger partial charge < -0.3 is 4.74 Å². The SMILES string of the molecule is Cc1ccccc1OCc1nc(S[C@H](C)C#N)n[nH]1. The van der Waals surface area contributed by atoms with Crippen LogP contribution in [0.4, 0.5) is 0 Å². The molecule has 1 aromatic heterocycles. The van der Waals surface area contributed by atoms with E-state index in [0.717, 1.165) is 11.3 Å². The summed E-state index contributed by atoms with van der Waals surface area (Å²) >= 11 is 1.32. The number of H-pyrrole nitrogens is 1. The summed E-state index contributed by atoms with van der Waals surface area (Å²) in [5.74, 6) is 1.48.